The number of methoxy groups -OCH3 is 1. The van der Waals surface area contributed by atoms with Crippen molar-refractivity contribution in [2.24, 2.45) is 5.92 Å². The number of H-pyrrole nitrogens is 1. The lowest BCUT2D eigenvalue weighted by Gasteiger charge is -2.20. The number of nitrogens with one attached hydrogen (secondary N) is 1. The van der Waals surface area contributed by atoms with Crippen LogP contribution in [0.1, 0.15) is 17.7 Å². The topological polar surface area (TPSA) is 77.1 Å². The van der Waals surface area contributed by atoms with Gasteiger partial charge in [0.25, 0.3) is 0 Å². The first-order valence-electron chi connectivity index (χ1n) is 7.24. The van der Waals surface area contributed by atoms with Gasteiger partial charge in [-0.1, -0.05) is 0 Å². The van der Waals surface area contributed by atoms with Crippen LogP contribution in [0.3, 0.4) is 0 Å². The number of esters is 1. The van der Waals surface area contributed by atoms with E-state index >= 15 is 0 Å². The Kier molecular flexibility index (Phi) is 4.41. The van der Waals surface area contributed by atoms with Crippen LogP contribution in [0.15, 0.2) is 12.3 Å². The molecule has 1 N–H and O–H groups in total. The Morgan fingerprint density at radius 1 is 1.46 bits per heavy atom. The van der Waals surface area contributed by atoms with Gasteiger partial charge in [-0.2, -0.15) is 13.9 Å². The second kappa shape index (κ2) is 6.50. The number of carbonyl (C=O) groups excluding carboxylic acids is 1. The molecule has 0 amide bonds. The SMILES string of the molecule is COC(=O)[C@@H]1CCc2c(-c3cc(OC(F)F)ncc3F)n[nH]c2C1. The Morgan fingerprint density at radius 2 is 2.25 bits per heavy atom. The molecule has 128 valence electrons. The molecule has 1 aliphatic carbocycles. The molecule has 0 aromatic carbocycles. The number of halogens is 3. The van der Waals surface area contributed by atoms with Crippen molar-refractivity contribution in [1.82, 2.24) is 15.2 Å². The minimum atomic E-state index is -3.05. The highest BCUT2D eigenvalue weighted by Gasteiger charge is 2.30. The van der Waals surface area contributed by atoms with E-state index in [1.165, 1.54) is 7.11 Å². The molecule has 0 fully saturated rings. The maximum atomic E-state index is 14.1. The fraction of sp³-hybridized carbons (Fsp3) is 0.400. The quantitative estimate of drug-likeness (QED) is 0.865. The lowest BCUT2D eigenvalue weighted by atomic mass is 9.86. The molecule has 24 heavy (non-hydrogen) atoms. The van der Waals surface area contributed by atoms with Gasteiger partial charge in [-0.25, -0.2) is 9.37 Å². The van der Waals surface area contributed by atoms with E-state index in [2.05, 4.69) is 19.9 Å². The van der Waals surface area contributed by atoms with Crippen LogP contribution in [-0.2, 0) is 22.4 Å². The smallest absolute Gasteiger partial charge is 0.388 e. The predicted octanol–water partition coefficient (Wildman–Crippen LogP) is 2.49. The molecule has 0 saturated carbocycles. The minimum Gasteiger partial charge on any atom is -0.469 e. The van der Waals surface area contributed by atoms with E-state index in [9.17, 15) is 18.0 Å². The third-order valence-corrected chi connectivity index (χ3v) is 3.98. The number of fused-ring (bicyclic) bond motifs is 1. The van der Waals surface area contributed by atoms with Crippen molar-refractivity contribution < 1.29 is 27.4 Å². The molecular weight excluding hydrogens is 327 g/mol. The van der Waals surface area contributed by atoms with E-state index in [-0.39, 0.29) is 23.3 Å². The van der Waals surface area contributed by atoms with Crippen molar-refractivity contribution in [2.45, 2.75) is 25.9 Å². The summed E-state index contributed by atoms with van der Waals surface area (Å²) in [5.41, 5.74) is 1.80. The zero-order chi connectivity index (χ0) is 17.3. The molecule has 2 aromatic rings. The Morgan fingerprint density at radius 3 is 2.96 bits per heavy atom. The van der Waals surface area contributed by atoms with Crippen molar-refractivity contribution in [3.8, 4) is 17.1 Å². The standard InChI is InChI=1S/C15H14F3N3O3/c1-23-14(22)7-2-3-8-11(4-7)20-21-13(8)9-5-12(24-15(17)18)19-6-10(9)16/h5-7,15H,2-4H2,1H3,(H,20,21)/t7-/m1/s1. The summed E-state index contributed by atoms with van der Waals surface area (Å²) in [6.07, 6.45) is 2.25. The first-order chi connectivity index (χ1) is 11.5. The zero-order valence-corrected chi connectivity index (χ0v) is 12.7. The average Bonchev–Trinajstić information content (AvgIpc) is 2.98. The van der Waals surface area contributed by atoms with E-state index in [4.69, 9.17) is 4.74 Å². The number of nitrogens with zero attached hydrogens (tertiary/aromatic N) is 2. The molecule has 6 nitrogen and oxygen atoms in total. The summed E-state index contributed by atoms with van der Waals surface area (Å²) in [4.78, 5) is 15.1. The van der Waals surface area contributed by atoms with Crippen LogP contribution in [0.25, 0.3) is 11.3 Å². The highest BCUT2D eigenvalue weighted by molar-refractivity contribution is 5.74. The van der Waals surface area contributed by atoms with Crippen LogP contribution in [0.4, 0.5) is 13.2 Å². The lowest BCUT2D eigenvalue weighted by Crippen LogP contribution is -2.23. The van der Waals surface area contributed by atoms with Crippen LogP contribution in [0, 0.1) is 11.7 Å². The number of ether oxygens (including phenoxy) is 2. The van der Waals surface area contributed by atoms with Gasteiger partial charge in [-0.05, 0) is 12.8 Å². The number of aromatic nitrogens is 3. The van der Waals surface area contributed by atoms with Gasteiger partial charge in [0.1, 0.15) is 0 Å². The van der Waals surface area contributed by atoms with Crippen LogP contribution in [-0.4, -0.2) is 34.9 Å². The summed E-state index contributed by atoms with van der Waals surface area (Å²) in [6.45, 7) is -3.05. The van der Waals surface area contributed by atoms with Gasteiger partial charge < -0.3 is 9.47 Å². The van der Waals surface area contributed by atoms with Gasteiger partial charge >= 0.3 is 12.6 Å². The highest BCUT2D eigenvalue weighted by atomic mass is 19.3. The number of rotatable bonds is 4. The van der Waals surface area contributed by atoms with E-state index in [1.807, 2.05) is 0 Å². The van der Waals surface area contributed by atoms with Crippen LogP contribution in [0.5, 0.6) is 5.88 Å². The van der Waals surface area contributed by atoms with Gasteiger partial charge in [-0.3, -0.25) is 9.89 Å². The number of alkyl halides is 2. The van der Waals surface area contributed by atoms with Crippen molar-refractivity contribution in [3.05, 3.63) is 29.3 Å². The molecule has 2 aromatic heterocycles. The molecule has 0 bridgehead atoms. The zero-order valence-electron chi connectivity index (χ0n) is 12.7. The van der Waals surface area contributed by atoms with Gasteiger partial charge in [0.15, 0.2) is 5.82 Å². The first-order valence-corrected chi connectivity index (χ1v) is 7.24. The number of hydrogen-bond acceptors (Lipinski definition) is 5. The summed E-state index contributed by atoms with van der Waals surface area (Å²) in [7, 11) is 1.33. The van der Waals surface area contributed by atoms with Gasteiger partial charge in [0.2, 0.25) is 5.88 Å². The summed E-state index contributed by atoms with van der Waals surface area (Å²) in [6, 6.07) is 1.09. The molecule has 0 spiro atoms. The highest BCUT2D eigenvalue weighted by Crippen LogP contribution is 2.34. The van der Waals surface area contributed by atoms with Crippen molar-refractivity contribution >= 4 is 5.97 Å². The molecule has 1 aliphatic rings. The average molecular weight is 341 g/mol. The molecule has 0 unspecified atom stereocenters. The molecule has 0 aliphatic heterocycles. The Hall–Kier alpha value is -2.58. The van der Waals surface area contributed by atoms with Crippen LogP contribution < -0.4 is 4.74 Å². The van der Waals surface area contributed by atoms with E-state index < -0.39 is 12.4 Å². The second-order valence-corrected chi connectivity index (χ2v) is 5.37. The van der Waals surface area contributed by atoms with Gasteiger partial charge in [0.05, 0.1) is 24.9 Å². The van der Waals surface area contributed by atoms with Crippen LogP contribution in [0.2, 0.25) is 0 Å². The largest absolute Gasteiger partial charge is 0.469 e. The number of aromatic amines is 1. The molecule has 0 radical (unpaired) electrons. The number of carbonyl (C=O) groups is 1. The summed E-state index contributed by atoms with van der Waals surface area (Å²) in [5.74, 6) is -1.67. The third-order valence-electron chi connectivity index (χ3n) is 3.98. The van der Waals surface area contributed by atoms with Crippen molar-refractivity contribution in [1.29, 1.82) is 0 Å². The molecule has 1 atom stereocenters. The van der Waals surface area contributed by atoms with Gasteiger partial charge in [-0.15, -0.1) is 0 Å². The summed E-state index contributed by atoms with van der Waals surface area (Å²) < 4.78 is 47.6. The monoisotopic (exact) mass is 341 g/mol. The third kappa shape index (κ3) is 3.06. The Balaban J connectivity index is 1.93. The Bertz CT molecular complexity index is 764. The second-order valence-electron chi connectivity index (χ2n) is 5.37. The van der Waals surface area contributed by atoms with Crippen molar-refractivity contribution in [3.63, 3.8) is 0 Å². The van der Waals surface area contributed by atoms with E-state index in [1.54, 1.807) is 0 Å². The molecule has 9 heteroatoms. The maximum Gasteiger partial charge on any atom is 0.388 e. The fourth-order valence-electron chi connectivity index (χ4n) is 2.85. The molecule has 2 heterocycles. The molecule has 0 saturated heterocycles. The van der Waals surface area contributed by atoms with E-state index in [0.717, 1.165) is 17.8 Å². The molecular formula is C15H14F3N3O3. The summed E-state index contributed by atoms with van der Waals surface area (Å²) >= 11 is 0. The van der Waals surface area contributed by atoms with E-state index in [0.29, 0.717) is 30.7 Å². The number of pyridine rings is 1. The maximum absolute atomic E-state index is 14.1. The minimum absolute atomic E-state index is 0.0228. The van der Waals surface area contributed by atoms with Crippen LogP contribution >= 0.6 is 0 Å². The normalized spacial score (nSPS) is 16.8. The van der Waals surface area contributed by atoms with Crippen molar-refractivity contribution in [2.75, 3.05) is 7.11 Å². The lowest BCUT2D eigenvalue weighted by molar-refractivity contribution is -0.145. The first kappa shape index (κ1) is 16.3. The number of hydrogen-bond donors (Lipinski definition) is 1. The summed E-state index contributed by atoms with van der Waals surface area (Å²) in [5, 5.41) is 6.87. The predicted molar refractivity (Wildman–Crippen MR) is 75.9 cm³/mol. The Labute approximate surface area is 135 Å². The molecule has 3 rings (SSSR count). The fourth-order valence-corrected chi connectivity index (χ4v) is 2.85. The van der Waals surface area contributed by atoms with Gasteiger partial charge in [0, 0.05) is 29.3 Å².